The molecule has 1 aliphatic heterocycles. The summed E-state index contributed by atoms with van der Waals surface area (Å²) in [6, 6.07) is 5.20. The maximum Gasteiger partial charge on any atom is 0.310 e. The number of ether oxygens (including phenoxy) is 1. The van der Waals surface area contributed by atoms with E-state index in [4.69, 9.17) is 4.74 Å². The van der Waals surface area contributed by atoms with Gasteiger partial charge in [-0.2, -0.15) is 8.61 Å². The van der Waals surface area contributed by atoms with Crippen LogP contribution in [0.15, 0.2) is 34.1 Å². The largest absolute Gasteiger partial charge is 0.466 e. The highest BCUT2D eigenvalue weighted by atomic mass is 32.2. The second kappa shape index (κ2) is 8.68. The van der Waals surface area contributed by atoms with Crippen molar-refractivity contribution in [1.82, 2.24) is 8.61 Å². The van der Waals surface area contributed by atoms with E-state index in [1.54, 1.807) is 20.8 Å². The van der Waals surface area contributed by atoms with Gasteiger partial charge < -0.3 is 4.74 Å². The van der Waals surface area contributed by atoms with Gasteiger partial charge >= 0.3 is 5.97 Å². The molecule has 0 amide bonds. The van der Waals surface area contributed by atoms with Crippen LogP contribution in [0.3, 0.4) is 0 Å². The van der Waals surface area contributed by atoms with E-state index in [1.807, 2.05) is 0 Å². The van der Waals surface area contributed by atoms with Crippen LogP contribution in [0.2, 0.25) is 0 Å². The number of hydrogen-bond acceptors (Lipinski definition) is 6. The summed E-state index contributed by atoms with van der Waals surface area (Å²) in [7, 11) is -7.44. The molecule has 10 heteroatoms. The van der Waals surface area contributed by atoms with Crippen molar-refractivity contribution in [2.24, 2.45) is 5.92 Å². The molecule has 1 aromatic carbocycles. The molecule has 0 radical (unpaired) electrons. The Labute approximate surface area is 161 Å². The monoisotopic (exact) mass is 418 g/mol. The van der Waals surface area contributed by atoms with Crippen molar-refractivity contribution in [2.75, 3.05) is 32.8 Å². The molecule has 152 valence electrons. The summed E-state index contributed by atoms with van der Waals surface area (Å²) >= 11 is 0. The fraction of sp³-hybridized carbons (Fsp3) is 0.588. The Kier molecular flexibility index (Phi) is 7.01. The summed E-state index contributed by atoms with van der Waals surface area (Å²) in [5, 5.41) is 0. The van der Waals surface area contributed by atoms with Crippen molar-refractivity contribution in [3.05, 3.63) is 24.3 Å². The van der Waals surface area contributed by atoms with Crippen LogP contribution in [0.4, 0.5) is 0 Å². The Bertz CT molecular complexity index is 861. The maximum absolute atomic E-state index is 12.8. The van der Waals surface area contributed by atoms with Crippen LogP contribution in [0.25, 0.3) is 0 Å². The van der Waals surface area contributed by atoms with Gasteiger partial charge in [-0.3, -0.25) is 4.79 Å². The van der Waals surface area contributed by atoms with Gasteiger partial charge in [0.05, 0.1) is 22.3 Å². The minimum atomic E-state index is -3.80. The standard InChI is InChI=1S/C17H26N2O6S2/c1-4-18(5-2)26(21,22)15-7-9-16(10-8-15)27(23,24)19-12-11-14(13-19)17(20)25-6-3/h7-10,14H,4-6,11-13H2,1-3H3/t14-/m1/s1. The summed E-state index contributed by atoms with van der Waals surface area (Å²) in [5.41, 5.74) is 0. The van der Waals surface area contributed by atoms with E-state index < -0.39 is 31.9 Å². The number of benzene rings is 1. The van der Waals surface area contributed by atoms with Crippen LogP contribution in [0, 0.1) is 5.92 Å². The van der Waals surface area contributed by atoms with Crippen LogP contribution >= 0.6 is 0 Å². The lowest BCUT2D eigenvalue weighted by Crippen LogP contribution is -2.31. The first-order valence-electron chi connectivity index (χ1n) is 8.95. The Morgan fingerprint density at radius 1 is 1.07 bits per heavy atom. The third-order valence-electron chi connectivity index (χ3n) is 4.58. The first-order valence-corrected chi connectivity index (χ1v) is 11.8. The molecule has 1 atom stereocenters. The zero-order chi connectivity index (χ0) is 20.2. The molecule has 2 rings (SSSR count). The maximum atomic E-state index is 12.8. The van der Waals surface area contributed by atoms with Crippen LogP contribution in [-0.2, 0) is 29.6 Å². The third-order valence-corrected chi connectivity index (χ3v) is 8.52. The van der Waals surface area contributed by atoms with E-state index in [1.165, 1.54) is 32.9 Å². The van der Waals surface area contributed by atoms with Crippen molar-refractivity contribution in [1.29, 1.82) is 0 Å². The smallest absolute Gasteiger partial charge is 0.310 e. The van der Waals surface area contributed by atoms with Gasteiger partial charge in [-0.1, -0.05) is 13.8 Å². The van der Waals surface area contributed by atoms with Gasteiger partial charge in [0.2, 0.25) is 20.0 Å². The average Bonchev–Trinajstić information content (AvgIpc) is 3.14. The van der Waals surface area contributed by atoms with E-state index in [9.17, 15) is 21.6 Å². The first kappa shape index (κ1) is 21.8. The van der Waals surface area contributed by atoms with Gasteiger partial charge in [-0.15, -0.1) is 0 Å². The van der Waals surface area contributed by atoms with E-state index in [0.29, 0.717) is 19.5 Å². The number of carbonyl (C=O) groups is 1. The lowest BCUT2D eigenvalue weighted by atomic mass is 10.1. The molecule has 0 unspecified atom stereocenters. The molecule has 0 aromatic heterocycles. The van der Waals surface area contributed by atoms with E-state index >= 15 is 0 Å². The van der Waals surface area contributed by atoms with Gasteiger partial charge in [-0.25, -0.2) is 16.8 Å². The second-order valence-electron chi connectivity index (χ2n) is 6.16. The minimum absolute atomic E-state index is 0.00510. The van der Waals surface area contributed by atoms with Crippen molar-refractivity contribution >= 4 is 26.0 Å². The van der Waals surface area contributed by atoms with Crippen LogP contribution in [0.1, 0.15) is 27.2 Å². The molecule has 1 heterocycles. The molecule has 1 fully saturated rings. The average molecular weight is 419 g/mol. The summed E-state index contributed by atoms with van der Waals surface area (Å²) < 4.78 is 58.1. The van der Waals surface area contributed by atoms with Crippen molar-refractivity contribution in [3.8, 4) is 0 Å². The summed E-state index contributed by atoms with van der Waals surface area (Å²) in [6.07, 6.45) is 0.409. The number of hydrogen-bond donors (Lipinski definition) is 0. The topological polar surface area (TPSA) is 101 Å². The third kappa shape index (κ3) is 4.50. The fourth-order valence-corrected chi connectivity index (χ4v) is 6.00. The molecule has 0 N–H and O–H groups in total. The highest BCUT2D eigenvalue weighted by molar-refractivity contribution is 7.89. The Morgan fingerprint density at radius 2 is 1.63 bits per heavy atom. The van der Waals surface area contributed by atoms with E-state index in [-0.39, 0.29) is 29.5 Å². The fourth-order valence-electron chi connectivity index (χ4n) is 3.04. The predicted molar refractivity (Wildman–Crippen MR) is 100 cm³/mol. The number of rotatable bonds is 8. The summed E-state index contributed by atoms with van der Waals surface area (Å²) in [5.74, 6) is -0.863. The SMILES string of the molecule is CCOC(=O)[C@@H]1CCN(S(=O)(=O)c2ccc(S(=O)(=O)N(CC)CC)cc2)C1. The van der Waals surface area contributed by atoms with Gasteiger partial charge in [0, 0.05) is 26.2 Å². The highest BCUT2D eigenvalue weighted by Crippen LogP contribution is 2.26. The zero-order valence-electron chi connectivity index (χ0n) is 15.8. The molecule has 0 spiro atoms. The number of carbonyl (C=O) groups excluding carboxylic acids is 1. The van der Waals surface area contributed by atoms with Crippen molar-refractivity contribution in [3.63, 3.8) is 0 Å². The molecular formula is C17H26N2O6S2. The summed E-state index contributed by atoms with van der Waals surface area (Å²) in [6.45, 7) is 6.41. The quantitative estimate of drug-likeness (QED) is 0.590. The van der Waals surface area contributed by atoms with Crippen LogP contribution in [0.5, 0.6) is 0 Å². The van der Waals surface area contributed by atoms with Crippen LogP contribution in [-0.4, -0.2) is 64.2 Å². The van der Waals surface area contributed by atoms with Crippen molar-refractivity contribution in [2.45, 2.75) is 37.0 Å². The highest BCUT2D eigenvalue weighted by Gasteiger charge is 2.36. The first-order chi connectivity index (χ1) is 12.7. The zero-order valence-corrected chi connectivity index (χ0v) is 17.4. The second-order valence-corrected chi connectivity index (χ2v) is 10.0. The molecule has 1 aliphatic rings. The molecule has 8 nitrogen and oxygen atoms in total. The van der Waals surface area contributed by atoms with Gasteiger partial charge in [0.25, 0.3) is 0 Å². The number of esters is 1. The molecule has 0 aliphatic carbocycles. The van der Waals surface area contributed by atoms with E-state index in [2.05, 4.69) is 0 Å². The van der Waals surface area contributed by atoms with Gasteiger partial charge in [-0.05, 0) is 37.6 Å². The normalized spacial score (nSPS) is 18.7. The lowest BCUT2D eigenvalue weighted by molar-refractivity contribution is -0.147. The summed E-state index contributed by atoms with van der Waals surface area (Å²) in [4.78, 5) is 11.9. The molecule has 0 bridgehead atoms. The Balaban J connectivity index is 2.20. The predicted octanol–water partition coefficient (Wildman–Crippen LogP) is 1.29. The van der Waals surface area contributed by atoms with E-state index in [0.717, 1.165) is 0 Å². The molecule has 1 aromatic rings. The van der Waals surface area contributed by atoms with Crippen LogP contribution < -0.4 is 0 Å². The molecule has 0 saturated carbocycles. The lowest BCUT2D eigenvalue weighted by Gasteiger charge is -2.19. The molecule has 27 heavy (non-hydrogen) atoms. The minimum Gasteiger partial charge on any atom is -0.466 e. The number of sulfonamides is 2. The van der Waals surface area contributed by atoms with Crippen molar-refractivity contribution < 1.29 is 26.4 Å². The van der Waals surface area contributed by atoms with Gasteiger partial charge in [0.1, 0.15) is 0 Å². The number of nitrogens with zero attached hydrogens (tertiary/aromatic N) is 2. The molecular weight excluding hydrogens is 392 g/mol. The van der Waals surface area contributed by atoms with Gasteiger partial charge in [0.15, 0.2) is 0 Å². The Hall–Kier alpha value is -1.49. The Morgan fingerprint density at radius 3 is 2.15 bits per heavy atom. The molecule has 1 saturated heterocycles.